The molecule has 3 atom stereocenters. The van der Waals surface area contributed by atoms with E-state index in [1.54, 1.807) is 0 Å². The zero-order valence-electron chi connectivity index (χ0n) is 16.7. The first-order valence-corrected chi connectivity index (χ1v) is 11.8. The zero-order chi connectivity index (χ0) is 20.9. The minimum Gasteiger partial charge on any atom is -0.492 e. The van der Waals surface area contributed by atoms with Crippen LogP contribution in [0.4, 0.5) is 0 Å². The van der Waals surface area contributed by atoms with E-state index in [-0.39, 0.29) is 5.11 Å². The number of nitrogens with one attached hydrogen (secondary N) is 2. The smallest absolute Gasteiger partial charge is 0.305 e. The number of piperidine rings is 1. The minimum atomic E-state index is -1.26. The molecule has 6 nitrogen and oxygen atoms in total. The van der Waals surface area contributed by atoms with Crippen molar-refractivity contribution in [2.45, 2.75) is 42.5 Å². The molecule has 0 spiro atoms. The summed E-state index contributed by atoms with van der Waals surface area (Å²) >= 11 is 3.74. The standard InChI is InChI=1S/C22H26N4O2S2/c23-14-25-22(29)26-30(27)17-9-8-15-11-16(13-28-21(15)12-17)18-5-1-2-6-19(18)20-7-3-4-10-24-20/h1-2,5-6,8-9,12,14,16,20,24,27H,3-4,7,10-11,13H2,(H2-,23,25,26,29)/p+1/t16?,20-,30?/m0/s1. The van der Waals surface area contributed by atoms with Gasteiger partial charge in [-0.05, 0) is 60.8 Å². The second-order valence-corrected chi connectivity index (χ2v) is 9.21. The van der Waals surface area contributed by atoms with Crippen LogP contribution in [0.3, 0.4) is 0 Å². The van der Waals surface area contributed by atoms with Crippen LogP contribution in [-0.4, -0.2) is 29.2 Å². The summed E-state index contributed by atoms with van der Waals surface area (Å²) in [5.41, 5.74) is 9.16. The van der Waals surface area contributed by atoms with Crippen LogP contribution in [0, 0.1) is 0 Å². The topological polar surface area (TPSA) is 91.9 Å². The molecular formula is C22H27N4O2S2+. The number of hydrogen-bond acceptors (Lipinski definition) is 4. The van der Waals surface area contributed by atoms with Crippen molar-refractivity contribution in [2.24, 2.45) is 10.7 Å². The Morgan fingerprint density at radius 3 is 2.87 bits per heavy atom. The van der Waals surface area contributed by atoms with Crippen molar-refractivity contribution >= 4 is 35.0 Å². The molecule has 0 amide bonds. The largest absolute Gasteiger partial charge is 0.492 e. The molecule has 2 heterocycles. The van der Waals surface area contributed by atoms with Crippen LogP contribution >= 0.6 is 12.2 Å². The third-order valence-electron chi connectivity index (χ3n) is 5.67. The molecule has 2 aliphatic rings. The average molecular weight is 444 g/mol. The lowest BCUT2D eigenvalue weighted by Gasteiger charge is -2.31. The lowest BCUT2D eigenvalue weighted by Crippen LogP contribution is -2.29. The molecule has 4 rings (SSSR count). The third kappa shape index (κ3) is 4.78. The van der Waals surface area contributed by atoms with E-state index in [1.165, 1.54) is 30.4 Å². The van der Waals surface area contributed by atoms with Gasteiger partial charge in [0.1, 0.15) is 5.75 Å². The van der Waals surface area contributed by atoms with E-state index in [4.69, 9.17) is 22.7 Å². The quantitative estimate of drug-likeness (QED) is 0.250. The van der Waals surface area contributed by atoms with Crippen molar-refractivity contribution < 1.29 is 9.29 Å². The van der Waals surface area contributed by atoms with E-state index in [0.29, 0.717) is 23.5 Å². The van der Waals surface area contributed by atoms with E-state index < -0.39 is 11.4 Å². The van der Waals surface area contributed by atoms with E-state index in [9.17, 15) is 4.55 Å². The van der Waals surface area contributed by atoms with Gasteiger partial charge in [0.05, 0.1) is 12.9 Å². The number of ether oxygens (including phenoxy) is 1. The van der Waals surface area contributed by atoms with E-state index in [1.807, 2.05) is 18.2 Å². The van der Waals surface area contributed by atoms with E-state index >= 15 is 0 Å². The van der Waals surface area contributed by atoms with Gasteiger partial charge < -0.3 is 15.8 Å². The molecule has 1 fully saturated rings. The summed E-state index contributed by atoms with van der Waals surface area (Å²) in [6, 6.07) is 15.0. The molecule has 2 aromatic carbocycles. The SMILES string of the molecule is NC=NC(=S)N[S+](O)c1ccc2c(c1)OCC(c1ccccc1[C@@H]1CCCCN1)C2. The van der Waals surface area contributed by atoms with Crippen LogP contribution in [0.15, 0.2) is 52.4 Å². The van der Waals surface area contributed by atoms with Crippen LogP contribution in [0.25, 0.3) is 0 Å². The molecule has 5 N–H and O–H groups in total. The molecule has 0 radical (unpaired) electrons. The van der Waals surface area contributed by atoms with Gasteiger partial charge in [-0.3, -0.25) is 0 Å². The van der Waals surface area contributed by atoms with Crippen molar-refractivity contribution in [3.8, 4) is 5.75 Å². The van der Waals surface area contributed by atoms with Gasteiger partial charge in [-0.1, -0.05) is 36.8 Å². The first-order valence-electron chi connectivity index (χ1n) is 10.2. The normalized spacial score (nSPS) is 22.2. The number of aliphatic imine (C=N–C) groups is 1. The van der Waals surface area contributed by atoms with Crippen LogP contribution in [-0.2, 0) is 17.8 Å². The summed E-state index contributed by atoms with van der Waals surface area (Å²) < 4.78 is 19.3. The maximum absolute atomic E-state index is 10.4. The predicted molar refractivity (Wildman–Crippen MR) is 126 cm³/mol. The third-order valence-corrected chi connectivity index (χ3v) is 7.09. The van der Waals surface area contributed by atoms with Crippen molar-refractivity contribution in [3.63, 3.8) is 0 Å². The summed E-state index contributed by atoms with van der Waals surface area (Å²) in [7, 11) is 0. The van der Waals surface area contributed by atoms with Crippen molar-refractivity contribution in [1.82, 2.24) is 10.0 Å². The molecule has 2 unspecified atom stereocenters. The number of fused-ring (bicyclic) bond motifs is 1. The molecule has 0 saturated carbocycles. The van der Waals surface area contributed by atoms with Gasteiger partial charge in [-0.15, -0.1) is 4.72 Å². The summed E-state index contributed by atoms with van der Waals surface area (Å²) in [6.45, 7) is 1.71. The Balaban J connectivity index is 1.50. The first-order chi connectivity index (χ1) is 14.7. The number of nitrogens with two attached hydrogens (primary N) is 1. The van der Waals surface area contributed by atoms with E-state index in [0.717, 1.165) is 30.6 Å². The molecule has 0 aromatic heterocycles. The van der Waals surface area contributed by atoms with Gasteiger partial charge in [0.2, 0.25) is 10.0 Å². The molecular weight excluding hydrogens is 416 g/mol. The maximum atomic E-state index is 10.4. The van der Waals surface area contributed by atoms with Gasteiger partial charge in [-0.25, -0.2) is 4.99 Å². The molecule has 1 saturated heterocycles. The second-order valence-electron chi connectivity index (χ2n) is 7.58. The maximum Gasteiger partial charge on any atom is 0.305 e. The lowest BCUT2D eigenvalue weighted by molar-refractivity contribution is 0.260. The Labute approximate surface area is 185 Å². The molecule has 30 heavy (non-hydrogen) atoms. The summed E-state index contributed by atoms with van der Waals surface area (Å²) in [5, 5.41) is 3.82. The Kier molecular flexibility index (Phi) is 6.89. The Morgan fingerprint density at radius 2 is 2.10 bits per heavy atom. The molecule has 2 aromatic rings. The van der Waals surface area contributed by atoms with Crippen LogP contribution in [0.5, 0.6) is 5.75 Å². The average Bonchev–Trinajstić information content (AvgIpc) is 2.79. The molecule has 8 heteroatoms. The second kappa shape index (κ2) is 9.78. The van der Waals surface area contributed by atoms with Gasteiger partial charge in [0.25, 0.3) is 0 Å². The van der Waals surface area contributed by atoms with Crippen LogP contribution in [0.1, 0.15) is 47.9 Å². The Hall–Kier alpha value is -2.13. The molecule has 158 valence electrons. The number of nitrogens with zero attached hydrogens (tertiary/aromatic N) is 1. The summed E-state index contributed by atoms with van der Waals surface area (Å²) in [4.78, 5) is 4.45. The molecule has 0 bridgehead atoms. The predicted octanol–water partition coefficient (Wildman–Crippen LogP) is 3.45. The van der Waals surface area contributed by atoms with Crippen molar-refractivity contribution in [3.05, 3.63) is 59.2 Å². The van der Waals surface area contributed by atoms with Gasteiger partial charge in [0.15, 0.2) is 0 Å². The highest BCUT2D eigenvalue weighted by Gasteiger charge is 2.29. The van der Waals surface area contributed by atoms with Crippen molar-refractivity contribution in [2.75, 3.05) is 13.2 Å². The lowest BCUT2D eigenvalue weighted by atomic mass is 9.84. The number of thiocarbonyl (C=S) groups is 1. The Morgan fingerprint density at radius 1 is 1.27 bits per heavy atom. The molecule has 0 aliphatic carbocycles. The summed E-state index contributed by atoms with van der Waals surface area (Å²) in [5.74, 6) is 1.14. The van der Waals surface area contributed by atoms with Gasteiger partial charge in [0, 0.05) is 18.0 Å². The Bertz CT molecular complexity index is 931. The fourth-order valence-corrected chi connectivity index (χ4v) is 5.27. The highest BCUT2D eigenvalue weighted by Crippen LogP contribution is 2.37. The first kappa shape index (κ1) is 21.1. The van der Waals surface area contributed by atoms with Crippen LogP contribution in [0.2, 0.25) is 0 Å². The van der Waals surface area contributed by atoms with Gasteiger partial charge >= 0.3 is 11.4 Å². The minimum absolute atomic E-state index is 0.148. The highest BCUT2D eigenvalue weighted by molar-refractivity contribution is 7.92. The number of benzene rings is 2. The van der Waals surface area contributed by atoms with Crippen molar-refractivity contribution in [1.29, 1.82) is 0 Å². The molecule has 2 aliphatic heterocycles. The fraction of sp³-hybridized carbons (Fsp3) is 0.364. The van der Waals surface area contributed by atoms with Gasteiger partial charge in [-0.2, -0.15) is 4.55 Å². The number of rotatable bonds is 4. The van der Waals surface area contributed by atoms with Crippen LogP contribution < -0.4 is 20.5 Å². The highest BCUT2D eigenvalue weighted by atomic mass is 32.2. The number of hydrogen-bond donors (Lipinski definition) is 4. The monoisotopic (exact) mass is 443 g/mol. The zero-order valence-corrected chi connectivity index (χ0v) is 18.3. The van der Waals surface area contributed by atoms with E-state index in [2.05, 4.69) is 39.3 Å². The fourth-order valence-electron chi connectivity index (χ4n) is 4.23. The summed E-state index contributed by atoms with van der Waals surface area (Å²) in [6.07, 6.45) is 5.74.